The molecule has 0 bridgehead atoms. The number of hydrogen-bond donors (Lipinski definition) is 1. The van der Waals surface area contributed by atoms with Crippen LogP contribution in [-0.2, 0) is 23.7 Å². The van der Waals surface area contributed by atoms with Gasteiger partial charge in [0.15, 0.2) is 11.5 Å². The number of benzene rings is 2. The molecule has 0 fully saturated rings. The first-order valence-electron chi connectivity index (χ1n) is 12.6. The van der Waals surface area contributed by atoms with Crippen LogP contribution in [-0.4, -0.2) is 43.3 Å². The quantitative estimate of drug-likeness (QED) is 0.345. The monoisotopic (exact) mass is 478 g/mol. The summed E-state index contributed by atoms with van der Waals surface area (Å²) in [7, 11) is 3.82. The Kier molecular flexibility index (Phi) is 5.78. The lowest BCUT2D eigenvalue weighted by molar-refractivity contribution is 0.170. The van der Waals surface area contributed by atoms with Gasteiger partial charge in [-0.25, -0.2) is 0 Å². The SMILES string of the molecule is COc1c2c(cc3c1[C@@H](CC(=NO)c1cc(C(C)(C)C)cc4c1CCC4(C)C)N(C)CC3)OCO2. The molecule has 5 rings (SSSR count). The van der Waals surface area contributed by atoms with Gasteiger partial charge in [-0.3, -0.25) is 4.90 Å². The Morgan fingerprint density at radius 3 is 2.66 bits per heavy atom. The topological polar surface area (TPSA) is 63.5 Å². The summed E-state index contributed by atoms with van der Waals surface area (Å²) < 4.78 is 17.3. The smallest absolute Gasteiger partial charge is 0.231 e. The van der Waals surface area contributed by atoms with E-state index in [1.807, 2.05) is 0 Å². The molecule has 0 amide bonds. The van der Waals surface area contributed by atoms with Crippen LogP contribution >= 0.6 is 0 Å². The van der Waals surface area contributed by atoms with Gasteiger partial charge in [-0.15, -0.1) is 0 Å². The summed E-state index contributed by atoms with van der Waals surface area (Å²) >= 11 is 0. The first kappa shape index (κ1) is 24.0. The molecule has 0 aromatic heterocycles. The zero-order chi connectivity index (χ0) is 25.1. The van der Waals surface area contributed by atoms with Crippen molar-refractivity contribution in [1.82, 2.24) is 4.90 Å². The van der Waals surface area contributed by atoms with Gasteiger partial charge in [-0.1, -0.05) is 45.8 Å². The van der Waals surface area contributed by atoms with Crippen molar-refractivity contribution in [3.8, 4) is 17.2 Å². The largest absolute Gasteiger partial charge is 0.492 e. The van der Waals surface area contributed by atoms with Gasteiger partial charge >= 0.3 is 0 Å². The van der Waals surface area contributed by atoms with Crippen molar-refractivity contribution < 1.29 is 19.4 Å². The summed E-state index contributed by atoms with van der Waals surface area (Å²) in [6, 6.07) is 6.73. The lowest BCUT2D eigenvalue weighted by Gasteiger charge is -2.36. The zero-order valence-electron chi connectivity index (χ0n) is 22.1. The lowest BCUT2D eigenvalue weighted by Crippen LogP contribution is -2.34. The van der Waals surface area contributed by atoms with Crippen LogP contribution in [0.4, 0.5) is 0 Å². The maximum Gasteiger partial charge on any atom is 0.231 e. The first-order chi connectivity index (χ1) is 16.5. The molecule has 0 radical (unpaired) electrons. The van der Waals surface area contributed by atoms with E-state index in [0.29, 0.717) is 12.2 Å². The molecule has 0 spiro atoms. The van der Waals surface area contributed by atoms with Crippen molar-refractivity contribution >= 4 is 5.71 Å². The average molecular weight is 479 g/mol. The van der Waals surface area contributed by atoms with Crippen LogP contribution in [0.5, 0.6) is 17.2 Å². The van der Waals surface area contributed by atoms with Crippen molar-refractivity contribution in [2.45, 2.75) is 77.2 Å². The van der Waals surface area contributed by atoms with Crippen LogP contribution in [0.25, 0.3) is 0 Å². The second kappa shape index (κ2) is 8.44. The van der Waals surface area contributed by atoms with Gasteiger partial charge in [-0.2, -0.15) is 0 Å². The van der Waals surface area contributed by atoms with Gasteiger partial charge in [0.25, 0.3) is 0 Å². The van der Waals surface area contributed by atoms with Crippen molar-refractivity contribution in [1.29, 1.82) is 0 Å². The van der Waals surface area contributed by atoms with E-state index in [0.717, 1.165) is 54.1 Å². The molecule has 2 heterocycles. The predicted molar refractivity (Wildman–Crippen MR) is 138 cm³/mol. The fourth-order valence-corrected chi connectivity index (χ4v) is 5.98. The third-order valence-electron chi connectivity index (χ3n) is 8.21. The highest BCUT2D eigenvalue weighted by atomic mass is 16.7. The molecular weight excluding hydrogens is 440 g/mol. The zero-order valence-corrected chi connectivity index (χ0v) is 22.1. The molecule has 2 aromatic rings. The molecule has 0 unspecified atom stereocenters. The molecule has 1 aliphatic carbocycles. The van der Waals surface area contributed by atoms with Gasteiger partial charge in [0.1, 0.15) is 0 Å². The molecule has 0 saturated heterocycles. The minimum atomic E-state index is -0.00236. The van der Waals surface area contributed by atoms with Crippen molar-refractivity contribution in [2.75, 3.05) is 27.5 Å². The fourth-order valence-electron chi connectivity index (χ4n) is 5.98. The molecule has 6 nitrogen and oxygen atoms in total. The Labute approximate surface area is 208 Å². The van der Waals surface area contributed by atoms with Crippen LogP contribution in [0.15, 0.2) is 23.4 Å². The summed E-state index contributed by atoms with van der Waals surface area (Å²) in [6.45, 7) is 12.5. The van der Waals surface area contributed by atoms with Crippen LogP contribution in [0, 0.1) is 0 Å². The second-order valence-corrected chi connectivity index (χ2v) is 11.9. The Hall–Kier alpha value is -2.73. The van der Waals surface area contributed by atoms with Gasteiger partial charge in [0, 0.05) is 30.1 Å². The standard InChI is InChI=1S/C29H38N2O4/c1-28(2,3)18-13-20(19-8-10-29(4,5)21(19)14-18)22(30-32)15-23-25-17(9-11-31(23)6)12-24-26(27(25)33-7)35-16-34-24/h12-14,23,32H,8-11,15-16H2,1-7H3/t23-/m1/s1. The second-order valence-electron chi connectivity index (χ2n) is 11.9. The summed E-state index contributed by atoms with van der Waals surface area (Å²) in [5.41, 5.74) is 8.24. The normalized spacial score (nSPS) is 21.1. The van der Waals surface area contributed by atoms with E-state index in [1.54, 1.807) is 7.11 Å². The average Bonchev–Trinajstić information content (AvgIpc) is 3.40. The number of likely N-dealkylation sites (N-methyl/N-ethyl adjacent to an activating group) is 1. The van der Waals surface area contributed by atoms with Gasteiger partial charge in [-0.05, 0) is 71.5 Å². The number of fused-ring (bicyclic) bond motifs is 3. The van der Waals surface area contributed by atoms with E-state index in [9.17, 15) is 5.21 Å². The van der Waals surface area contributed by atoms with E-state index in [4.69, 9.17) is 14.2 Å². The summed E-state index contributed by atoms with van der Waals surface area (Å²) in [5.74, 6) is 2.16. The van der Waals surface area contributed by atoms with Crippen LogP contribution in [0.3, 0.4) is 0 Å². The third kappa shape index (κ3) is 3.96. The highest BCUT2D eigenvalue weighted by Gasteiger charge is 2.37. The molecule has 3 aliphatic rings. The minimum absolute atomic E-state index is 0.00163. The molecular formula is C29H38N2O4. The van der Waals surface area contributed by atoms with Crippen molar-refractivity contribution in [3.63, 3.8) is 0 Å². The van der Waals surface area contributed by atoms with Crippen molar-refractivity contribution in [2.24, 2.45) is 5.16 Å². The van der Waals surface area contributed by atoms with E-state index in [-0.39, 0.29) is 23.7 Å². The fraction of sp³-hybridized carbons (Fsp3) is 0.552. The Morgan fingerprint density at radius 1 is 1.20 bits per heavy atom. The molecule has 2 aliphatic heterocycles. The molecule has 0 saturated carbocycles. The molecule has 6 heteroatoms. The molecule has 188 valence electrons. The number of methoxy groups -OCH3 is 1. The number of oxime groups is 1. The van der Waals surface area contributed by atoms with E-state index < -0.39 is 0 Å². The molecule has 2 aromatic carbocycles. The van der Waals surface area contributed by atoms with Gasteiger partial charge < -0.3 is 19.4 Å². The summed E-state index contributed by atoms with van der Waals surface area (Å²) in [4.78, 5) is 2.33. The van der Waals surface area contributed by atoms with Crippen molar-refractivity contribution in [3.05, 3.63) is 51.6 Å². The third-order valence-corrected chi connectivity index (χ3v) is 8.21. The van der Waals surface area contributed by atoms with Crippen LogP contribution in [0.2, 0.25) is 0 Å². The Morgan fingerprint density at radius 2 is 1.97 bits per heavy atom. The van der Waals surface area contributed by atoms with Gasteiger partial charge in [0.05, 0.1) is 12.8 Å². The van der Waals surface area contributed by atoms with Crippen LogP contribution in [0.1, 0.15) is 86.9 Å². The number of hydrogen-bond acceptors (Lipinski definition) is 6. The molecule has 35 heavy (non-hydrogen) atoms. The lowest BCUT2D eigenvalue weighted by atomic mass is 9.78. The predicted octanol–water partition coefficient (Wildman–Crippen LogP) is 5.74. The minimum Gasteiger partial charge on any atom is -0.492 e. The number of ether oxygens (including phenoxy) is 3. The van der Waals surface area contributed by atoms with E-state index in [1.165, 1.54) is 22.3 Å². The van der Waals surface area contributed by atoms with E-state index >= 15 is 0 Å². The number of rotatable bonds is 4. The maximum atomic E-state index is 10.4. The van der Waals surface area contributed by atoms with Gasteiger partial charge in [0.2, 0.25) is 12.5 Å². The number of nitrogens with zero attached hydrogens (tertiary/aromatic N) is 2. The maximum absolute atomic E-state index is 10.4. The Bertz CT molecular complexity index is 1190. The Balaban J connectivity index is 1.61. The highest BCUT2D eigenvalue weighted by Crippen LogP contribution is 2.50. The summed E-state index contributed by atoms with van der Waals surface area (Å²) in [6.07, 6.45) is 3.59. The molecule has 1 atom stereocenters. The molecule has 1 N–H and O–H groups in total. The van der Waals surface area contributed by atoms with Crippen LogP contribution < -0.4 is 14.2 Å². The first-order valence-corrected chi connectivity index (χ1v) is 12.6. The highest BCUT2D eigenvalue weighted by molar-refractivity contribution is 6.02. The summed E-state index contributed by atoms with van der Waals surface area (Å²) in [5, 5.41) is 14.3. The van der Waals surface area contributed by atoms with E-state index in [2.05, 4.69) is 69.9 Å².